The van der Waals surface area contributed by atoms with E-state index in [1.165, 1.54) is 23.9 Å². The van der Waals surface area contributed by atoms with E-state index in [0.29, 0.717) is 13.1 Å². The van der Waals surface area contributed by atoms with Crippen molar-refractivity contribution in [3.63, 3.8) is 0 Å². The van der Waals surface area contributed by atoms with Gasteiger partial charge in [-0.25, -0.2) is 23.9 Å². The Kier molecular flexibility index (Phi) is 7.56. The number of nitrogens with one attached hydrogen (secondary N) is 2. The number of rotatable bonds is 7. The molecular formula is C21H19ClN6O6. The average Bonchev–Trinajstić information content (AvgIpc) is 3.32. The molecule has 2 aromatic heterocycles. The SMILES string of the molecule is COC(=O)c1cc(C(=O)O)nc2ccnn12.Nc1c(NCc2cccc(CNCl)c2)c(=O)c1=O. The molecule has 34 heavy (non-hydrogen) atoms. The normalized spacial score (nSPS) is 10.5. The topological polar surface area (TPSA) is 178 Å². The fourth-order valence-corrected chi connectivity index (χ4v) is 3.13. The Bertz CT molecular complexity index is 1430. The largest absolute Gasteiger partial charge is 0.477 e. The first kappa shape index (κ1) is 24.4. The van der Waals surface area contributed by atoms with E-state index in [2.05, 4.69) is 25.0 Å². The quantitative estimate of drug-likeness (QED) is 0.166. The van der Waals surface area contributed by atoms with Crippen molar-refractivity contribution in [3.8, 4) is 0 Å². The number of methoxy groups -OCH3 is 1. The van der Waals surface area contributed by atoms with Crippen molar-refractivity contribution in [2.75, 3.05) is 18.2 Å². The second-order valence-electron chi connectivity index (χ2n) is 6.86. The Hall–Kier alpha value is -4.29. The molecule has 4 aromatic rings. The zero-order valence-corrected chi connectivity index (χ0v) is 18.5. The van der Waals surface area contributed by atoms with E-state index < -0.39 is 22.8 Å². The third-order valence-corrected chi connectivity index (χ3v) is 4.79. The summed E-state index contributed by atoms with van der Waals surface area (Å²) in [6.45, 7) is 0.989. The van der Waals surface area contributed by atoms with Crippen molar-refractivity contribution in [1.29, 1.82) is 0 Å². The molecule has 4 rings (SSSR count). The monoisotopic (exact) mass is 486 g/mol. The first-order valence-electron chi connectivity index (χ1n) is 9.67. The summed E-state index contributed by atoms with van der Waals surface area (Å²) in [7, 11) is 1.21. The van der Waals surface area contributed by atoms with Gasteiger partial charge in [-0.1, -0.05) is 24.3 Å². The van der Waals surface area contributed by atoms with Crippen molar-refractivity contribution < 1.29 is 19.4 Å². The molecule has 0 amide bonds. The van der Waals surface area contributed by atoms with Crippen LogP contribution in [-0.4, -0.2) is 38.8 Å². The van der Waals surface area contributed by atoms with Gasteiger partial charge in [0, 0.05) is 25.2 Å². The smallest absolute Gasteiger partial charge is 0.356 e. The molecule has 0 bridgehead atoms. The highest BCUT2D eigenvalue weighted by atomic mass is 35.5. The molecule has 12 nitrogen and oxygen atoms in total. The van der Waals surface area contributed by atoms with E-state index in [1.54, 1.807) is 0 Å². The second kappa shape index (κ2) is 10.6. The van der Waals surface area contributed by atoms with E-state index in [-0.39, 0.29) is 28.4 Å². The maximum absolute atomic E-state index is 11.4. The number of aromatic carboxylic acids is 1. The molecular weight excluding hydrogens is 468 g/mol. The number of carbonyl (C=O) groups is 2. The summed E-state index contributed by atoms with van der Waals surface area (Å²) < 4.78 is 5.75. The van der Waals surface area contributed by atoms with Crippen molar-refractivity contribution in [1.82, 2.24) is 19.4 Å². The maximum atomic E-state index is 11.4. The fourth-order valence-electron chi connectivity index (χ4n) is 2.97. The van der Waals surface area contributed by atoms with Gasteiger partial charge < -0.3 is 20.9 Å². The lowest BCUT2D eigenvalue weighted by Crippen LogP contribution is -2.36. The highest BCUT2D eigenvalue weighted by Crippen LogP contribution is 2.12. The van der Waals surface area contributed by atoms with Gasteiger partial charge in [-0.2, -0.15) is 5.10 Å². The summed E-state index contributed by atoms with van der Waals surface area (Å²) in [4.78, 5) is 50.6. The van der Waals surface area contributed by atoms with Gasteiger partial charge >= 0.3 is 11.9 Å². The minimum atomic E-state index is -1.21. The van der Waals surface area contributed by atoms with Gasteiger partial charge in [-0.3, -0.25) is 9.59 Å². The number of carbonyl (C=O) groups excluding carboxylic acids is 1. The highest BCUT2D eigenvalue weighted by Gasteiger charge is 2.18. The van der Waals surface area contributed by atoms with E-state index in [4.69, 9.17) is 22.6 Å². The number of fused-ring (bicyclic) bond motifs is 1. The number of nitrogens with two attached hydrogens (primary N) is 1. The van der Waals surface area contributed by atoms with Crippen LogP contribution in [0, 0.1) is 0 Å². The molecule has 13 heteroatoms. The van der Waals surface area contributed by atoms with Crippen LogP contribution < -0.4 is 26.7 Å². The number of anilines is 2. The van der Waals surface area contributed by atoms with Gasteiger partial charge in [0.15, 0.2) is 17.0 Å². The summed E-state index contributed by atoms with van der Waals surface area (Å²) in [5.41, 5.74) is 6.56. The Balaban J connectivity index is 0.000000192. The van der Waals surface area contributed by atoms with E-state index in [1.807, 2.05) is 24.3 Å². The zero-order chi connectivity index (χ0) is 24.8. The second-order valence-corrected chi connectivity index (χ2v) is 7.12. The van der Waals surface area contributed by atoms with Crippen LogP contribution in [0.1, 0.15) is 32.1 Å². The molecule has 2 heterocycles. The average molecular weight is 487 g/mol. The van der Waals surface area contributed by atoms with Gasteiger partial charge in [0.2, 0.25) is 0 Å². The molecule has 0 saturated carbocycles. The molecule has 0 unspecified atom stereocenters. The van der Waals surface area contributed by atoms with Crippen molar-refractivity contribution in [2.24, 2.45) is 0 Å². The summed E-state index contributed by atoms with van der Waals surface area (Å²) >= 11 is 5.43. The summed E-state index contributed by atoms with van der Waals surface area (Å²) in [6.07, 6.45) is 1.42. The lowest BCUT2D eigenvalue weighted by atomic mass is 10.1. The number of hydrogen-bond acceptors (Lipinski definition) is 10. The maximum Gasteiger partial charge on any atom is 0.356 e. The molecule has 0 aliphatic carbocycles. The predicted molar refractivity (Wildman–Crippen MR) is 124 cm³/mol. The minimum Gasteiger partial charge on any atom is -0.477 e. The number of hydrogen-bond donors (Lipinski definition) is 4. The van der Waals surface area contributed by atoms with E-state index >= 15 is 0 Å². The Labute approximate surface area is 196 Å². The van der Waals surface area contributed by atoms with Crippen LogP contribution in [0.15, 0.2) is 52.2 Å². The molecule has 0 spiro atoms. The van der Waals surface area contributed by atoms with Crippen molar-refractivity contribution in [2.45, 2.75) is 13.1 Å². The Morgan fingerprint density at radius 3 is 2.47 bits per heavy atom. The summed E-state index contributed by atoms with van der Waals surface area (Å²) in [5, 5.41) is 15.5. The van der Waals surface area contributed by atoms with Gasteiger partial charge in [-0.05, 0) is 22.9 Å². The van der Waals surface area contributed by atoms with Crippen LogP contribution in [-0.2, 0) is 17.8 Å². The number of halogens is 1. The molecule has 0 radical (unpaired) electrons. The summed E-state index contributed by atoms with van der Waals surface area (Å²) in [5.74, 6) is -1.88. The molecule has 0 aliphatic heterocycles. The first-order valence-corrected chi connectivity index (χ1v) is 10.0. The standard InChI is InChI=1S/C12H12ClN3O2.C9H7N3O4/c13-16-6-8-3-1-2-7(4-8)5-15-10-9(14)11(17)12(10)18;1-16-9(15)6-4-5(8(13)14)11-7-2-3-10-12(6)7/h1-4,15-16H,5-6,14H2;2-4H,1H3,(H,13,14). The Morgan fingerprint density at radius 2 is 1.85 bits per heavy atom. The number of esters is 1. The molecule has 2 aromatic carbocycles. The number of carboxylic acids is 1. The van der Waals surface area contributed by atoms with Crippen LogP contribution in [0.4, 0.5) is 11.4 Å². The number of nitrogen functional groups attached to an aromatic ring is 1. The number of ether oxygens (including phenoxy) is 1. The Morgan fingerprint density at radius 1 is 1.15 bits per heavy atom. The van der Waals surface area contributed by atoms with Gasteiger partial charge in [0.1, 0.15) is 11.4 Å². The third-order valence-electron chi connectivity index (χ3n) is 4.65. The molecule has 0 saturated heterocycles. The number of carboxylic acid groups (broad SMARTS) is 1. The lowest BCUT2D eigenvalue weighted by molar-refractivity contribution is 0.0590. The minimum absolute atomic E-state index is 0.0126. The number of benzene rings is 1. The van der Waals surface area contributed by atoms with Crippen LogP contribution in [0.2, 0.25) is 0 Å². The molecule has 0 fully saturated rings. The fraction of sp³-hybridized carbons (Fsp3) is 0.143. The molecule has 0 aliphatic rings. The predicted octanol–water partition coefficient (Wildman–Crippen LogP) is 0.934. The van der Waals surface area contributed by atoms with Crippen LogP contribution in [0.25, 0.3) is 5.65 Å². The van der Waals surface area contributed by atoms with Gasteiger partial charge in [-0.15, -0.1) is 0 Å². The molecule has 176 valence electrons. The van der Waals surface area contributed by atoms with Gasteiger partial charge in [0.05, 0.1) is 13.3 Å². The van der Waals surface area contributed by atoms with E-state index in [9.17, 15) is 19.2 Å². The van der Waals surface area contributed by atoms with E-state index in [0.717, 1.165) is 17.2 Å². The third kappa shape index (κ3) is 5.19. The number of aromatic nitrogens is 3. The van der Waals surface area contributed by atoms with Gasteiger partial charge in [0.25, 0.3) is 10.9 Å². The number of nitrogens with zero attached hydrogens (tertiary/aromatic N) is 3. The first-order chi connectivity index (χ1) is 16.3. The van der Waals surface area contributed by atoms with Crippen LogP contribution in [0.5, 0.6) is 0 Å². The molecule has 5 N–H and O–H groups in total. The highest BCUT2D eigenvalue weighted by molar-refractivity contribution is 6.13. The van der Waals surface area contributed by atoms with Crippen molar-refractivity contribution in [3.05, 3.63) is 85.6 Å². The van der Waals surface area contributed by atoms with Crippen LogP contribution >= 0.6 is 11.8 Å². The zero-order valence-electron chi connectivity index (χ0n) is 17.7. The summed E-state index contributed by atoms with van der Waals surface area (Å²) in [6, 6.07) is 10.3. The molecule has 0 atom stereocenters. The lowest BCUT2D eigenvalue weighted by Gasteiger charge is -2.10. The van der Waals surface area contributed by atoms with Crippen LogP contribution in [0.3, 0.4) is 0 Å². The van der Waals surface area contributed by atoms with Crippen molar-refractivity contribution >= 4 is 40.7 Å².